The Hall–Kier alpha value is -3.35. The molecule has 0 unspecified atom stereocenters. The summed E-state index contributed by atoms with van der Waals surface area (Å²) < 4.78 is 6.55. The lowest BCUT2D eigenvalue weighted by atomic mass is 10.2. The summed E-state index contributed by atoms with van der Waals surface area (Å²) in [6, 6.07) is 8.04. The molecule has 28 heavy (non-hydrogen) atoms. The van der Waals surface area contributed by atoms with Crippen LogP contribution in [0.5, 0.6) is 0 Å². The number of rotatable bonds is 3. The van der Waals surface area contributed by atoms with Gasteiger partial charge in [-0.2, -0.15) is 4.98 Å². The number of aryl methyl sites for hydroxylation is 3. The second kappa shape index (κ2) is 6.09. The first-order chi connectivity index (χ1) is 13.2. The number of para-hydroxylation sites is 1. The molecular weight excluding hydrogens is 354 g/mol. The van der Waals surface area contributed by atoms with Crippen LogP contribution in [0.3, 0.4) is 0 Å². The Bertz CT molecular complexity index is 1390. The van der Waals surface area contributed by atoms with Crippen molar-refractivity contribution < 1.29 is 0 Å². The molecule has 0 aliphatic carbocycles. The van der Waals surface area contributed by atoms with Gasteiger partial charge in [0.25, 0.3) is 5.56 Å². The molecule has 0 saturated carbocycles. The van der Waals surface area contributed by atoms with Gasteiger partial charge in [-0.3, -0.25) is 22.9 Å². The van der Waals surface area contributed by atoms with Crippen LogP contribution in [-0.2, 0) is 13.6 Å². The van der Waals surface area contributed by atoms with Crippen molar-refractivity contribution in [3.8, 4) is 5.69 Å². The van der Waals surface area contributed by atoms with Crippen molar-refractivity contribution in [2.75, 3.05) is 0 Å². The fraction of sp³-hybridized carbons (Fsp3) is 0.286. The fourth-order valence-corrected chi connectivity index (χ4v) is 3.76. The zero-order chi connectivity index (χ0) is 20.3. The van der Waals surface area contributed by atoms with Crippen LogP contribution in [-0.4, -0.2) is 23.1 Å². The molecule has 144 valence electrons. The smallest absolute Gasteiger partial charge is 0.282 e. The summed E-state index contributed by atoms with van der Waals surface area (Å²) in [6.07, 6.45) is 0. The van der Waals surface area contributed by atoms with E-state index >= 15 is 0 Å². The molecule has 0 aliphatic heterocycles. The van der Waals surface area contributed by atoms with Crippen molar-refractivity contribution in [3.05, 3.63) is 74.2 Å². The summed E-state index contributed by atoms with van der Waals surface area (Å²) in [5, 5.41) is 0. The largest absolute Gasteiger partial charge is 0.332 e. The first-order valence-corrected chi connectivity index (χ1v) is 9.14. The topological polar surface area (TPSA) is 66.2 Å². The maximum absolute atomic E-state index is 13.2. The van der Waals surface area contributed by atoms with Gasteiger partial charge in [-0.25, -0.2) is 4.79 Å². The number of imidazole rings is 2. The molecule has 7 heteroatoms. The summed E-state index contributed by atoms with van der Waals surface area (Å²) in [7, 11) is 1.64. The quantitative estimate of drug-likeness (QED) is 0.516. The average Bonchev–Trinajstić information content (AvgIpc) is 3.14. The molecule has 0 N–H and O–H groups in total. The third kappa shape index (κ3) is 2.32. The Kier molecular flexibility index (Phi) is 3.92. The average molecular weight is 377 g/mol. The Labute approximate surface area is 161 Å². The van der Waals surface area contributed by atoms with Crippen molar-refractivity contribution >= 4 is 16.9 Å². The molecule has 0 spiro atoms. The van der Waals surface area contributed by atoms with Gasteiger partial charge in [-0.05, 0) is 39.3 Å². The molecular formula is C21H23N5O2. The van der Waals surface area contributed by atoms with E-state index in [1.807, 2.05) is 54.0 Å². The van der Waals surface area contributed by atoms with Crippen LogP contribution in [0, 0.1) is 20.8 Å². The van der Waals surface area contributed by atoms with Crippen LogP contribution in [0.1, 0.15) is 23.9 Å². The molecule has 1 aromatic carbocycles. The first-order valence-electron chi connectivity index (χ1n) is 9.14. The van der Waals surface area contributed by atoms with Crippen LogP contribution < -0.4 is 11.2 Å². The van der Waals surface area contributed by atoms with Gasteiger partial charge in [0.15, 0.2) is 11.2 Å². The van der Waals surface area contributed by atoms with Crippen molar-refractivity contribution in [3.63, 3.8) is 0 Å². The van der Waals surface area contributed by atoms with Crippen LogP contribution in [0.25, 0.3) is 22.6 Å². The van der Waals surface area contributed by atoms with Crippen LogP contribution in [0.2, 0.25) is 0 Å². The molecule has 0 saturated heterocycles. The van der Waals surface area contributed by atoms with E-state index in [0.29, 0.717) is 16.9 Å². The monoisotopic (exact) mass is 377 g/mol. The number of aromatic nitrogens is 5. The lowest BCUT2D eigenvalue weighted by Crippen LogP contribution is -2.39. The molecule has 0 bridgehead atoms. The van der Waals surface area contributed by atoms with E-state index in [1.54, 1.807) is 14.0 Å². The minimum atomic E-state index is -0.391. The first kappa shape index (κ1) is 18.0. The van der Waals surface area contributed by atoms with Gasteiger partial charge in [0.1, 0.15) is 0 Å². The third-order valence-electron chi connectivity index (χ3n) is 5.30. The van der Waals surface area contributed by atoms with E-state index < -0.39 is 5.69 Å². The summed E-state index contributed by atoms with van der Waals surface area (Å²) in [4.78, 5) is 30.7. The number of benzene rings is 1. The molecule has 3 aromatic heterocycles. The lowest BCUT2D eigenvalue weighted by Gasteiger charge is -2.09. The minimum Gasteiger partial charge on any atom is -0.282 e. The highest BCUT2D eigenvalue weighted by atomic mass is 16.2. The molecule has 0 fully saturated rings. The second-order valence-electron chi connectivity index (χ2n) is 7.40. The van der Waals surface area contributed by atoms with E-state index in [2.05, 4.69) is 6.58 Å². The van der Waals surface area contributed by atoms with Gasteiger partial charge < -0.3 is 0 Å². The predicted octanol–water partition coefficient (Wildman–Crippen LogP) is 2.64. The molecule has 3 heterocycles. The molecule has 0 aliphatic rings. The normalized spacial score (nSPS) is 11.6. The Morgan fingerprint density at radius 3 is 2.43 bits per heavy atom. The van der Waals surface area contributed by atoms with Gasteiger partial charge in [-0.15, -0.1) is 0 Å². The van der Waals surface area contributed by atoms with E-state index in [0.717, 1.165) is 28.2 Å². The molecule has 4 aromatic rings. The fourth-order valence-electron chi connectivity index (χ4n) is 3.76. The van der Waals surface area contributed by atoms with Crippen molar-refractivity contribution in [2.45, 2.75) is 34.2 Å². The highest BCUT2D eigenvalue weighted by molar-refractivity contribution is 5.77. The van der Waals surface area contributed by atoms with Crippen molar-refractivity contribution in [2.24, 2.45) is 7.05 Å². The third-order valence-corrected chi connectivity index (χ3v) is 5.30. The Morgan fingerprint density at radius 2 is 1.79 bits per heavy atom. The zero-order valence-electron chi connectivity index (χ0n) is 16.8. The van der Waals surface area contributed by atoms with E-state index in [4.69, 9.17) is 4.98 Å². The number of nitrogens with zero attached hydrogens (tertiary/aromatic N) is 5. The van der Waals surface area contributed by atoms with E-state index in [-0.39, 0.29) is 12.1 Å². The standard InChI is InChI=1S/C21H23N5O2/c1-12(2)11-24-19(27)17-18(23(6)21(24)28)22-20-25(14(4)15(5)26(17)20)16-10-8-7-9-13(16)3/h7-10H,1,11H2,2-6H3. The highest BCUT2D eigenvalue weighted by Gasteiger charge is 2.23. The van der Waals surface area contributed by atoms with Gasteiger partial charge in [0.2, 0.25) is 5.78 Å². The summed E-state index contributed by atoms with van der Waals surface area (Å²) in [5.41, 5.74) is 4.81. The maximum atomic E-state index is 13.2. The Morgan fingerprint density at radius 1 is 1.11 bits per heavy atom. The van der Waals surface area contributed by atoms with E-state index in [1.165, 1.54) is 9.13 Å². The summed E-state index contributed by atoms with van der Waals surface area (Å²) in [5.74, 6) is 0.625. The number of allylic oxidation sites excluding steroid dienone is 1. The number of hydrogen-bond donors (Lipinski definition) is 0. The molecule has 0 amide bonds. The molecule has 0 radical (unpaired) electrons. The molecule has 0 atom stereocenters. The number of fused-ring (bicyclic) bond motifs is 3. The summed E-state index contributed by atoms with van der Waals surface area (Å²) >= 11 is 0. The van der Waals surface area contributed by atoms with Gasteiger partial charge >= 0.3 is 5.69 Å². The van der Waals surface area contributed by atoms with Crippen LogP contribution in [0.4, 0.5) is 0 Å². The van der Waals surface area contributed by atoms with Gasteiger partial charge in [0, 0.05) is 18.4 Å². The van der Waals surface area contributed by atoms with Crippen LogP contribution in [0.15, 0.2) is 46.0 Å². The summed E-state index contributed by atoms with van der Waals surface area (Å²) in [6.45, 7) is 11.8. The maximum Gasteiger partial charge on any atom is 0.332 e. The van der Waals surface area contributed by atoms with Gasteiger partial charge in [-0.1, -0.05) is 30.4 Å². The molecule has 4 rings (SSSR count). The predicted molar refractivity (Wildman–Crippen MR) is 111 cm³/mol. The molecule has 7 nitrogen and oxygen atoms in total. The zero-order valence-corrected chi connectivity index (χ0v) is 16.8. The Balaban J connectivity index is 2.22. The van der Waals surface area contributed by atoms with Crippen molar-refractivity contribution in [1.29, 1.82) is 0 Å². The number of hydrogen-bond acceptors (Lipinski definition) is 3. The van der Waals surface area contributed by atoms with Crippen molar-refractivity contribution in [1.82, 2.24) is 23.1 Å². The van der Waals surface area contributed by atoms with Gasteiger partial charge in [0.05, 0.1) is 12.2 Å². The highest BCUT2D eigenvalue weighted by Crippen LogP contribution is 2.26. The minimum absolute atomic E-state index is 0.186. The lowest BCUT2D eigenvalue weighted by molar-refractivity contribution is 0.651. The van der Waals surface area contributed by atoms with Crippen LogP contribution >= 0.6 is 0 Å². The SMILES string of the molecule is C=C(C)Cn1c(=O)c2c(nc3n(-c4ccccc4C)c(C)c(C)n23)n(C)c1=O. The van der Waals surface area contributed by atoms with E-state index in [9.17, 15) is 9.59 Å². The second-order valence-corrected chi connectivity index (χ2v) is 7.40.